The van der Waals surface area contributed by atoms with Crippen LogP contribution in [0.15, 0.2) is 0 Å². The zero-order valence-electron chi connectivity index (χ0n) is 9.16. The average Bonchev–Trinajstić information content (AvgIpc) is 2.18. The Hall–Kier alpha value is -0.610. The third kappa shape index (κ3) is 6.86. The fourth-order valence-corrected chi connectivity index (χ4v) is 1.28. The minimum absolute atomic E-state index is 0.192. The molecule has 0 fully saturated rings. The molecule has 0 aliphatic carbocycles. The predicted molar refractivity (Wildman–Crippen MR) is 55.1 cm³/mol. The zero-order chi connectivity index (χ0) is 10.8. The van der Waals surface area contributed by atoms with Gasteiger partial charge < -0.3 is 9.84 Å². The number of hydrogen-bond donors (Lipinski definition) is 1. The molecule has 0 saturated heterocycles. The molecule has 0 aliphatic rings. The highest BCUT2D eigenvalue weighted by atomic mass is 16.5. The summed E-state index contributed by atoms with van der Waals surface area (Å²) < 4.78 is 4.60. The van der Waals surface area contributed by atoms with E-state index < -0.39 is 0 Å². The van der Waals surface area contributed by atoms with Crippen molar-refractivity contribution in [3.63, 3.8) is 0 Å². The van der Waals surface area contributed by atoms with Crippen molar-refractivity contribution in [2.75, 3.05) is 33.4 Å². The van der Waals surface area contributed by atoms with E-state index in [2.05, 4.69) is 16.6 Å². The highest BCUT2D eigenvalue weighted by Crippen LogP contribution is 1.97. The Balaban J connectivity index is 3.70. The molecule has 0 rings (SSSR count). The first-order valence-electron chi connectivity index (χ1n) is 5.14. The number of unbranched alkanes of at least 4 members (excludes halogenated alkanes) is 1. The summed E-state index contributed by atoms with van der Waals surface area (Å²) in [4.78, 5) is 13.1. The van der Waals surface area contributed by atoms with Crippen LogP contribution in [0.1, 0.15) is 26.2 Å². The van der Waals surface area contributed by atoms with E-state index in [0.717, 1.165) is 32.4 Å². The lowest BCUT2D eigenvalue weighted by atomic mass is 10.3. The number of esters is 1. The molecule has 0 aromatic rings. The first-order chi connectivity index (χ1) is 6.74. The van der Waals surface area contributed by atoms with Crippen molar-refractivity contribution in [1.29, 1.82) is 0 Å². The van der Waals surface area contributed by atoms with E-state index in [1.54, 1.807) is 0 Å². The van der Waals surface area contributed by atoms with E-state index in [9.17, 15) is 4.79 Å². The van der Waals surface area contributed by atoms with Crippen molar-refractivity contribution in [2.45, 2.75) is 26.2 Å². The Morgan fingerprint density at radius 2 is 2.07 bits per heavy atom. The lowest BCUT2D eigenvalue weighted by Crippen LogP contribution is -2.32. The van der Waals surface area contributed by atoms with Crippen LogP contribution in [0.3, 0.4) is 0 Å². The van der Waals surface area contributed by atoms with Crippen LogP contribution in [0.25, 0.3) is 0 Å². The highest BCUT2D eigenvalue weighted by molar-refractivity contribution is 5.71. The van der Waals surface area contributed by atoms with E-state index in [1.807, 2.05) is 0 Å². The van der Waals surface area contributed by atoms with E-state index in [4.69, 9.17) is 5.11 Å². The van der Waals surface area contributed by atoms with Crippen LogP contribution in [0.4, 0.5) is 0 Å². The number of aliphatic hydroxyl groups excluding tert-OH is 1. The Labute approximate surface area is 85.9 Å². The normalized spacial score (nSPS) is 10.6. The second-order valence-corrected chi connectivity index (χ2v) is 3.28. The van der Waals surface area contributed by atoms with E-state index in [-0.39, 0.29) is 12.6 Å². The van der Waals surface area contributed by atoms with Crippen molar-refractivity contribution in [2.24, 2.45) is 0 Å². The highest BCUT2D eigenvalue weighted by Gasteiger charge is 2.08. The Kier molecular flexibility index (Phi) is 8.57. The quantitative estimate of drug-likeness (QED) is 0.464. The van der Waals surface area contributed by atoms with Crippen molar-refractivity contribution < 1.29 is 14.6 Å². The molecule has 0 spiro atoms. The predicted octanol–water partition coefficient (Wildman–Crippen LogP) is 0.644. The third-order valence-corrected chi connectivity index (χ3v) is 2.00. The van der Waals surface area contributed by atoms with Gasteiger partial charge in [0.05, 0.1) is 13.7 Å². The fourth-order valence-electron chi connectivity index (χ4n) is 1.28. The summed E-state index contributed by atoms with van der Waals surface area (Å²) in [6, 6.07) is 0. The number of rotatable bonds is 8. The summed E-state index contributed by atoms with van der Waals surface area (Å²) in [5, 5.41) is 8.63. The van der Waals surface area contributed by atoms with Crippen LogP contribution in [-0.2, 0) is 9.53 Å². The SMILES string of the molecule is CCCN(CCCCO)CC(=O)OC. The van der Waals surface area contributed by atoms with Crippen molar-refractivity contribution in [3.8, 4) is 0 Å². The largest absolute Gasteiger partial charge is 0.468 e. The molecule has 0 atom stereocenters. The van der Waals surface area contributed by atoms with Gasteiger partial charge in [-0.25, -0.2) is 0 Å². The van der Waals surface area contributed by atoms with Crippen LogP contribution in [-0.4, -0.2) is 49.3 Å². The molecule has 0 bridgehead atoms. The van der Waals surface area contributed by atoms with Crippen LogP contribution >= 0.6 is 0 Å². The van der Waals surface area contributed by atoms with Gasteiger partial charge >= 0.3 is 5.97 Å². The van der Waals surface area contributed by atoms with Gasteiger partial charge in [0, 0.05) is 6.61 Å². The monoisotopic (exact) mass is 203 g/mol. The number of nitrogens with zero attached hydrogens (tertiary/aromatic N) is 1. The molecule has 14 heavy (non-hydrogen) atoms. The molecule has 0 heterocycles. The van der Waals surface area contributed by atoms with Gasteiger partial charge in [0.2, 0.25) is 0 Å². The molecule has 84 valence electrons. The number of carbonyl (C=O) groups is 1. The number of hydrogen-bond acceptors (Lipinski definition) is 4. The smallest absolute Gasteiger partial charge is 0.319 e. The summed E-state index contributed by atoms with van der Waals surface area (Å²) in [6.07, 6.45) is 2.74. The average molecular weight is 203 g/mol. The topological polar surface area (TPSA) is 49.8 Å². The number of aliphatic hydroxyl groups is 1. The lowest BCUT2D eigenvalue weighted by Gasteiger charge is -2.19. The van der Waals surface area contributed by atoms with Gasteiger partial charge in [-0.2, -0.15) is 0 Å². The van der Waals surface area contributed by atoms with Crippen molar-refractivity contribution in [1.82, 2.24) is 4.90 Å². The van der Waals surface area contributed by atoms with Crippen molar-refractivity contribution >= 4 is 5.97 Å². The maximum Gasteiger partial charge on any atom is 0.319 e. The maximum absolute atomic E-state index is 11.0. The first-order valence-corrected chi connectivity index (χ1v) is 5.14. The number of ether oxygens (including phenoxy) is 1. The fraction of sp³-hybridized carbons (Fsp3) is 0.900. The second-order valence-electron chi connectivity index (χ2n) is 3.28. The summed E-state index contributed by atoms with van der Waals surface area (Å²) >= 11 is 0. The summed E-state index contributed by atoms with van der Waals surface area (Å²) in [5.74, 6) is -0.192. The number of carbonyl (C=O) groups excluding carboxylic acids is 1. The Bertz CT molecular complexity index is 150. The van der Waals surface area contributed by atoms with Gasteiger partial charge in [0.25, 0.3) is 0 Å². The third-order valence-electron chi connectivity index (χ3n) is 2.00. The van der Waals surface area contributed by atoms with Gasteiger partial charge in [0.1, 0.15) is 0 Å². The van der Waals surface area contributed by atoms with E-state index in [0.29, 0.717) is 6.54 Å². The minimum atomic E-state index is -0.192. The molecule has 0 saturated carbocycles. The number of methoxy groups -OCH3 is 1. The standard InChI is InChI=1S/C10H21NO3/c1-3-6-11(7-4-5-8-12)9-10(13)14-2/h12H,3-9H2,1-2H3. The van der Waals surface area contributed by atoms with Gasteiger partial charge in [-0.15, -0.1) is 0 Å². The Morgan fingerprint density at radius 1 is 1.36 bits per heavy atom. The lowest BCUT2D eigenvalue weighted by molar-refractivity contribution is -0.141. The van der Waals surface area contributed by atoms with Crippen LogP contribution < -0.4 is 0 Å². The van der Waals surface area contributed by atoms with Gasteiger partial charge in [-0.05, 0) is 32.4 Å². The molecule has 0 amide bonds. The van der Waals surface area contributed by atoms with E-state index in [1.165, 1.54) is 7.11 Å². The van der Waals surface area contributed by atoms with Crippen molar-refractivity contribution in [3.05, 3.63) is 0 Å². The maximum atomic E-state index is 11.0. The molecule has 0 radical (unpaired) electrons. The van der Waals surface area contributed by atoms with Gasteiger partial charge in [-0.1, -0.05) is 6.92 Å². The second kappa shape index (κ2) is 8.97. The molecule has 0 aromatic carbocycles. The molecular formula is C10H21NO3. The van der Waals surface area contributed by atoms with Crippen LogP contribution in [0.5, 0.6) is 0 Å². The molecule has 1 N–H and O–H groups in total. The molecule has 0 aromatic heterocycles. The molecule has 4 nitrogen and oxygen atoms in total. The van der Waals surface area contributed by atoms with E-state index >= 15 is 0 Å². The molecule has 0 aliphatic heterocycles. The first kappa shape index (κ1) is 13.4. The summed E-state index contributed by atoms with van der Waals surface area (Å²) in [7, 11) is 1.40. The van der Waals surface area contributed by atoms with Gasteiger partial charge in [0.15, 0.2) is 0 Å². The minimum Gasteiger partial charge on any atom is -0.468 e. The summed E-state index contributed by atoms with van der Waals surface area (Å²) in [5.41, 5.74) is 0. The molecule has 0 unspecified atom stereocenters. The van der Waals surface area contributed by atoms with Gasteiger partial charge in [-0.3, -0.25) is 9.69 Å². The van der Waals surface area contributed by atoms with Crippen LogP contribution in [0, 0.1) is 0 Å². The summed E-state index contributed by atoms with van der Waals surface area (Å²) in [6.45, 7) is 4.41. The molecule has 4 heteroatoms. The zero-order valence-corrected chi connectivity index (χ0v) is 9.16. The molecular weight excluding hydrogens is 182 g/mol. The van der Waals surface area contributed by atoms with Crippen LogP contribution in [0.2, 0.25) is 0 Å². The Morgan fingerprint density at radius 3 is 2.57 bits per heavy atom.